The van der Waals surface area contributed by atoms with E-state index >= 15 is 0 Å². The average molecular weight is 229 g/mol. The zero-order valence-electron chi connectivity index (χ0n) is 8.01. The Morgan fingerprint density at radius 2 is 2.29 bits per heavy atom. The number of thiocarbonyl (C=S) groups is 1. The van der Waals surface area contributed by atoms with Gasteiger partial charge < -0.3 is 11.1 Å². The van der Waals surface area contributed by atoms with Crippen LogP contribution < -0.4 is 11.1 Å². The summed E-state index contributed by atoms with van der Waals surface area (Å²) in [4.78, 5) is 0.532. The minimum absolute atomic E-state index is 0.532. The number of halogens is 1. The van der Waals surface area contributed by atoms with E-state index < -0.39 is 0 Å². The van der Waals surface area contributed by atoms with Crippen LogP contribution in [0.1, 0.15) is 12.0 Å². The van der Waals surface area contributed by atoms with Gasteiger partial charge >= 0.3 is 0 Å². The smallest absolute Gasteiger partial charge is 0.0745 e. The third kappa shape index (κ3) is 3.52. The molecule has 1 aromatic rings. The summed E-state index contributed by atoms with van der Waals surface area (Å²) in [6.45, 7) is 2.77. The van der Waals surface area contributed by atoms with Gasteiger partial charge in [0.25, 0.3) is 0 Å². The predicted molar refractivity (Wildman–Crippen MR) is 66.1 cm³/mol. The molecule has 0 spiro atoms. The molecule has 4 heteroatoms. The van der Waals surface area contributed by atoms with Gasteiger partial charge in [0.1, 0.15) is 0 Å². The van der Waals surface area contributed by atoms with Gasteiger partial charge in [0.15, 0.2) is 0 Å². The first-order chi connectivity index (χ1) is 6.59. The van der Waals surface area contributed by atoms with Crippen molar-refractivity contribution in [3.8, 4) is 0 Å². The Hall–Kier alpha value is -0.800. The molecule has 0 aliphatic carbocycles. The van der Waals surface area contributed by atoms with Crippen LogP contribution >= 0.6 is 23.8 Å². The molecule has 3 N–H and O–H groups in total. The van der Waals surface area contributed by atoms with Crippen molar-refractivity contribution in [1.82, 2.24) is 0 Å². The summed E-state index contributed by atoms with van der Waals surface area (Å²) >= 11 is 10.6. The fraction of sp³-hybridized carbons (Fsp3) is 0.300. The van der Waals surface area contributed by atoms with Gasteiger partial charge in [-0.1, -0.05) is 23.8 Å². The van der Waals surface area contributed by atoms with E-state index in [-0.39, 0.29) is 0 Å². The molecule has 0 unspecified atom stereocenters. The van der Waals surface area contributed by atoms with Gasteiger partial charge in [-0.2, -0.15) is 0 Å². The number of hydrogen-bond acceptors (Lipinski definition) is 2. The standard InChI is InChI=1S/C10H13ClN2S/c1-7-6-8(11)2-3-9(7)13-5-4-10(12)14/h2-3,6,13H,4-5H2,1H3,(H2,12,14). The van der Waals surface area contributed by atoms with Crippen LogP contribution in [0.15, 0.2) is 18.2 Å². The molecule has 1 rings (SSSR count). The number of nitrogens with two attached hydrogens (primary N) is 1. The summed E-state index contributed by atoms with van der Waals surface area (Å²) in [6, 6.07) is 5.74. The second-order valence-corrected chi connectivity index (χ2v) is 4.06. The molecule has 0 heterocycles. The van der Waals surface area contributed by atoms with E-state index in [1.807, 2.05) is 25.1 Å². The van der Waals surface area contributed by atoms with Crippen LogP contribution in [0.4, 0.5) is 5.69 Å². The molecule has 14 heavy (non-hydrogen) atoms. The molecule has 0 saturated carbocycles. The molecule has 0 aliphatic rings. The molecule has 0 radical (unpaired) electrons. The highest BCUT2D eigenvalue weighted by Gasteiger charge is 1.98. The van der Waals surface area contributed by atoms with Crippen LogP contribution in [-0.4, -0.2) is 11.5 Å². The summed E-state index contributed by atoms with van der Waals surface area (Å²) in [5, 5.41) is 4.00. The zero-order chi connectivity index (χ0) is 10.6. The Morgan fingerprint density at radius 3 is 2.86 bits per heavy atom. The SMILES string of the molecule is Cc1cc(Cl)ccc1NCCC(N)=S. The van der Waals surface area contributed by atoms with Gasteiger partial charge in [0.05, 0.1) is 4.99 Å². The maximum atomic E-state index is 5.83. The van der Waals surface area contributed by atoms with Crippen molar-refractivity contribution in [2.45, 2.75) is 13.3 Å². The minimum atomic E-state index is 0.532. The lowest BCUT2D eigenvalue weighted by molar-refractivity contribution is 1.10. The number of anilines is 1. The zero-order valence-corrected chi connectivity index (χ0v) is 9.58. The molecule has 0 amide bonds. The van der Waals surface area contributed by atoms with Crippen LogP contribution in [0.25, 0.3) is 0 Å². The predicted octanol–water partition coefficient (Wildman–Crippen LogP) is 2.74. The number of nitrogens with one attached hydrogen (secondary N) is 1. The number of aryl methyl sites for hydroxylation is 1. The van der Waals surface area contributed by atoms with Crippen molar-refractivity contribution in [3.63, 3.8) is 0 Å². The molecule has 0 atom stereocenters. The van der Waals surface area contributed by atoms with E-state index in [0.717, 1.165) is 22.8 Å². The normalized spacial score (nSPS) is 9.86. The Bertz CT molecular complexity index is 339. The molecule has 1 aromatic carbocycles. The van der Waals surface area contributed by atoms with E-state index in [0.29, 0.717) is 11.4 Å². The van der Waals surface area contributed by atoms with Crippen LogP contribution in [-0.2, 0) is 0 Å². The van der Waals surface area contributed by atoms with Gasteiger partial charge in [-0.25, -0.2) is 0 Å². The van der Waals surface area contributed by atoms with Crippen molar-refractivity contribution in [1.29, 1.82) is 0 Å². The second kappa shape index (κ2) is 5.17. The van der Waals surface area contributed by atoms with Gasteiger partial charge in [-0.3, -0.25) is 0 Å². The van der Waals surface area contributed by atoms with E-state index in [1.165, 1.54) is 0 Å². The first-order valence-electron chi connectivity index (χ1n) is 4.38. The average Bonchev–Trinajstić information content (AvgIpc) is 2.08. The lowest BCUT2D eigenvalue weighted by Crippen LogP contribution is -2.14. The second-order valence-electron chi connectivity index (χ2n) is 3.10. The minimum Gasteiger partial charge on any atom is -0.393 e. The van der Waals surface area contributed by atoms with Crippen molar-refractivity contribution in [3.05, 3.63) is 28.8 Å². The number of hydrogen-bond donors (Lipinski definition) is 2. The quantitative estimate of drug-likeness (QED) is 0.779. The van der Waals surface area contributed by atoms with Crippen LogP contribution in [0.5, 0.6) is 0 Å². The van der Waals surface area contributed by atoms with Crippen LogP contribution in [0.2, 0.25) is 5.02 Å². The van der Waals surface area contributed by atoms with Crippen molar-refractivity contribution in [2.24, 2.45) is 5.73 Å². The van der Waals surface area contributed by atoms with Gasteiger partial charge in [0, 0.05) is 23.7 Å². The van der Waals surface area contributed by atoms with Crippen molar-refractivity contribution in [2.75, 3.05) is 11.9 Å². The summed E-state index contributed by atoms with van der Waals surface area (Å²) < 4.78 is 0. The number of rotatable bonds is 4. The molecule has 2 nitrogen and oxygen atoms in total. The molecule has 0 bridgehead atoms. The van der Waals surface area contributed by atoms with E-state index in [9.17, 15) is 0 Å². The van der Waals surface area contributed by atoms with Crippen LogP contribution in [0, 0.1) is 6.92 Å². The highest BCUT2D eigenvalue weighted by Crippen LogP contribution is 2.19. The first kappa shape index (κ1) is 11.3. The maximum absolute atomic E-state index is 5.83. The Balaban J connectivity index is 2.55. The fourth-order valence-corrected chi connectivity index (χ4v) is 1.47. The van der Waals surface area contributed by atoms with Crippen LogP contribution in [0.3, 0.4) is 0 Å². The molecular weight excluding hydrogens is 216 g/mol. The largest absolute Gasteiger partial charge is 0.393 e. The third-order valence-electron chi connectivity index (χ3n) is 1.88. The lowest BCUT2D eigenvalue weighted by Gasteiger charge is -2.08. The summed E-state index contributed by atoms with van der Waals surface area (Å²) in [7, 11) is 0. The van der Waals surface area contributed by atoms with Gasteiger partial charge in [-0.15, -0.1) is 0 Å². The first-order valence-corrected chi connectivity index (χ1v) is 5.16. The molecule has 0 fully saturated rings. The molecule has 0 aromatic heterocycles. The fourth-order valence-electron chi connectivity index (χ4n) is 1.15. The Labute approximate surface area is 94.4 Å². The van der Waals surface area contributed by atoms with E-state index in [2.05, 4.69) is 5.32 Å². The summed E-state index contributed by atoms with van der Waals surface area (Å²) in [6.07, 6.45) is 0.706. The van der Waals surface area contributed by atoms with Crippen molar-refractivity contribution >= 4 is 34.5 Å². The monoisotopic (exact) mass is 228 g/mol. The molecule has 76 valence electrons. The lowest BCUT2D eigenvalue weighted by atomic mass is 10.2. The Morgan fingerprint density at radius 1 is 1.57 bits per heavy atom. The van der Waals surface area contributed by atoms with E-state index in [4.69, 9.17) is 29.6 Å². The summed E-state index contributed by atoms with van der Waals surface area (Å²) in [5.74, 6) is 0. The Kier molecular flexibility index (Phi) is 4.17. The third-order valence-corrected chi connectivity index (χ3v) is 2.31. The maximum Gasteiger partial charge on any atom is 0.0745 e. The van der Waals surface area contributed by atoms with Crippen molar-refractivity contribution < 1.29 is 0 Å². The van der Waals surface area contributed by atoms with Gasteiger partial charge in [0.2, 0.25) is 0 Å². The number of benzene rings is 1. The molecule has 0 aliphatic heterocycles. The van der Waals surface area contributed by atoms with E-state index in [1.54, 1.807) is 0 Å². The molecule has 0 saturated heterocycles. The summed E-state index contributed by atoms with van der Waals surface area (Å²) in [5.41, 5.74) is 7.59. The van der Waals surface area contributed by atoms with Gasteiger partial charge in [-0.05, 0) is 30.7 Å². The highest BCUT2D eigenvalue weighted by atomic mass is 35.5. The molecular formula is C10H13ClN2S. The topological polar surface area (TPSA) is 38.0 Å². The highest BCUT2D eigenvalue weighted by molar-refractivity contribution is 7.80.